The Balaban J connectivity index is 3.36. The normalized spacial score (nSPS) is 14.1. The van der Waals surface area contributed by atoms with Crippen LogP contribution in [0.2, 0.25) is 5.02 Å². The molecule has 0 bridgehead atoms. The van der Waals surface area contributed by atoms with Crippen LogP contribution in [-0.4, -0.2) is 5.11 Å². The van der Waals surface area contributed by atoms with Gasteiger partial charge >= 0.3 is 6.18 Å². The van der Waals surface area contributed by atoms with Crippen molar-refractivity contribution in [2.45, 2.75) is 19.2 Å². The van der Waals surface area contributed by atoms with Gasteiger partial charge < -0.3 is 5.11 Å². The van der Waals surface area contributed by atoms with Crippen LogP contribution in [0.1, 0.15) is 24.2 Å². The fraction of sp³-hybridized carbons (Fsp3) is 0.333. The number of hydrogen-bond donors (Lipinski definition) is 1. The summed E-state index contributed by atoms with van der Waals surface area (Å²) in [4.78, 5) is 0. The minimum Gasteiger partial charge on any atom is -0.389 e. The van der Waals surface area contributed by atoms with Crippen LogP contribution in [0.3, 0.4) is 0 Å². The van der Waals surface area contributed by atoms with E-state index in [0.29, 0.717) is 0 Å². The van der Waals surface area contributed by atoms with Crippen molar-refractivity contribution in [3.63, 3.8) is 0 Å². The number of benzene rings is 1. The predicted octanol–water partition coefficient (Wildman–Crippen LogP) is 3.41. The van der Waals surface area contributed by atoms with Crippen LogP contribution in [-0.2, 0) is 6.18 Å². The number of rotatable bonds is 1. The van der Waals surface area contributed by atoms with Gasteiger partial charge in [0.05, 0.1) is 11.7 Å². The first-order chi connectivity index (χ1) is 6.34. The van der Waals surface area contributed by atoms with Gasteiger partial charge in [-0.05, 0) is 19.1 Å². The number of aliphatic hydroxyl groups excluding tert-OH is 1. The second-order valence-electron chi connectivity index (χ2n) is 2.87. The monoisotopic (exact) mass is 224 g/mol. The quantitative estimate of drug-likeness (QED) is 0.775. The van der Waals surface area contributed by atoms with Gasteiger partial charge in [0, 0.05) is 10.6 Å². The molecule has 14 heavy (non-hydrogen) atoms. The van der Waals surface area contributed by atoms with Gasteiger partial charge in [-0.1, -0.05) is 17.7 Å². The molecule has 0 heterocycles. The standard InChI is InChI=1S/C9H8ClF3O/c1-5(14)8-6(9(11,12)13)3-2-4-7(8)10/h2-5,14H,1H3/t5-/m1/s1. The van der Waals surface area contributed by atoms with Crippen LogP contribution in [0.15, 0.2) is 18.2 Å². The summed E-state index contributed by atoms with van der Waals surface area (Å²) >= 11 is 5.57. The summed E-state index contributed by atoms with van der Waals surface area (Å²) in [6.07, 6.45) is -5.72. The summed E-state index contributed by atoms with van der Waals surface area (Å²) < 4.78 is 37.3. The molecule has 0 spiro atoms. The highest BCUT2D eigenvalue weighted by Crippen LogP contribution is 2.37. The lowest BCUT2D eigenvalue weighted by Gasteiger charge is -2.15. The summed E-state index contributed by atoms with van der Waals surface area (Å²) in [5.74, 6) is 0. The van der Waals surface area contributed by atoms with E-state index in [-0.39, 0.29) is 10.6 Å². The van der Waals surface area contributed by atoms with Crippen LogP contribution in [0.5, 0.6) is 0 Å². The second-order valence-corrected chi connectivity index (χ2v) is 3.28. The summed E-state index contributed by atoms with van der Waals surface area (Å²) in [6.45, 7) is 1.25. The van der Waals surface area contributed by atoms with Crippen molar-refractivity contribution in [1.82, 2.24) is 0 Å². The molecule has 5 heteroatoms. The first-order valence-corrected chi connectivity index (χ1v) is 4.25. The highest BCUT2D eigenvalue weighted by molar-refractivity contribution is 6.31. The molecule has 0 aliphatic heterocycles. The zero-order chi connectivity index (χ0) is 10.9. The maximum atomic E-state index is 12.4. The third-order valence-corrected chi connectivity index (χ3v) is 2.11. The zero-order valence-electron chi connectivity index (χ0n) is 7.27. The molecule has 0 saturated carbocycles. The summed E-state index contributed by atoms with van der Waals surface area (Å²) in [5, 5.41) is 9.09. The molecular formula is C9H8ClF3O. The Bertz CT molecular complexity index is 333. The Hall–Kier alpha value is -0.740. The fourth-order valence-electron chi connectivity index (χ4n) is 1.21. The van der Waals surface area contributed by atoms with Crippen LogP contribution in [0.4, 0.5) is 13.2 Å². The Morgan fingerprint density at radius 2 is 1.93 bits per heavy atom. The molecule has 1 atom stereocenters. The molecule has 1 aromatic carbocycles. The van der Waals surface area contributed by atoms with E-state index in [0.717, 1.165) is 6.07 Å². The van der Waals surface area contributed by atoms with Crippen molar-refractivity contribution >= 4 is 11.6 Å². The van der Waals surface area contributed by atoms with Gasteiger partial charge in [0.2, 0.25) is 0 Å². The molecule has 0 radical (unpaired) electrons. The highest BCUT2D eigenvalue weighted by Gasteiger charge is 2.35. The lowest BCUT2D eigenvalue weighted by atomic mass is 10.0. The molecular weight excluding hydrogens is 217 g/mol. The van der Waals surface area contributed by atoms with E-state index in [1.165, 1.54) is 19.1 Å². The number of hydrogen-bond acceptors (Lipinski definition) is 1. The molecule has 1 aromatic rings. The molecule has 1 nitrogen and oxygen atoms in total. The van der Waals surface area contributed by atoms with Gasteiger partial charge in [-0.15, -0.1) is 0 Å². The molecule has 0 fully saturated rings. The first kappa shape index (κ1) is 11.3. The first-order valence-electron chi connectivity index (χ1n) is 3.87. The van der Waals surface area contributed by atoms with E-state index in [9.17, 15) is 13.2 Å². The van der Waals surface area contributed by atoms with Gasteiger partial charge in [-0.2, -0.15) is 13.2 Å². The molecule has 1 rings (SSSR count). The molecule has 0 aromatic heterocycles. The summed E-state index contributed by atoms with van der Waals surface area (Å²) in [5.41, 5.74) is -1.17. The Kier molecular flexibility index (Phi) is 3.07. The number of halogens is 4. The van der Waals surface area contributed by atoms with Gasteiger partial charge in [0.15, 0.2) is 0 Å². The van der Waals surface area contributed by atoms with E-state index in [1.54, 1.807) is 0 Å². The third kappa shape index (κ3) is 2.19. The third-order valence-electron chi connectivity index (χ3n) is 1.78. The Morgan fingerprint density at radius 3 is 2.29 bits per heavy atom. The lowest BCUT2D eigenvalue weighted by Crippen LogP contribution is -2.11. The Morgan fingerprint density at radius 1 is 1.36 bits per heavy atom. The van der Waals surface area contributed by atoms with Crippen LogP contribution < -0.4 is 0 Å². The van der Waals surface area contributed by atoms with E-state index in [2.05, 4.69) is 0 Å². The van der Waals surface area contributed by atoms with E-state index in [1.807, 2.05) is 0 Å². The lowest BCUT2D eigenvalue weighted by molar-refractivity contribution is -0.139. The van der Waals surface area contributed by atoms with E-state index >= 15 is 0 Å². The molecule has 0 saturated heterocycles. The number of alkyl halides is 3. The van der Waals surface area contributed by atoms with E-state index in [4.69, 9.17) is 16.7 Å². The molecule has 0 unspecified atom stereocenters. The maximum absolute atomic E-state index is 12.4. The Labute approximate surface area is 84.1 Å². The van der Waals surface area contributed by atoms with Crippen LogP contribution in [0, 0.1) is 0 Å². The molecule has 0 amide bonds. The largest absolute Gasteiger partial charge is 0.416 e. The van der Waals surface area contributed by atoms with E-state index < -0.39 is 17.8 Å². The van der Waals surface area contributed by atoms with Crippen molar-refractivity contribution in [3.05, 3.63) is 34.3 Å². The SMILES string of the molecule is C[C@@H](O)c1c(Cl)cccc1C(F)(F)F. The average Bonchev–Trinajstić information content (AvgIpc) is 2.01. The van der Waals surface area contributed by atoms with Gasteiger partial charge in [-0.3, -0.25) is 0 Å². The average molecular weight is 225 g/mol. The van der Waals surface area contributed by atoms with Crippen molar-refractivity contribution in [1.29, 1.82) is 0 Å². The van der Waals surface area contributed by atoms with Gasteiger partial charge in [-0.25, -0.2) is 0 Å². The molecule has 1 N–H and O–H groups in total. The fourth-order valence-corrected chi connectivity index (χ4v) is 1.54. The predicted molar refractivity (Wildman–Crippen MR) is 47.1 cm³/mol. The number of aliphatic hydroxyl groups is 1. The van der Waals surface area contributed by atoms with Gasteiger partial charge in [0.1, 0.15) is 0 Å². The smallest absolute Gasteiger partial charge is 0.389 e. The molecule has 0 aliphatic carbocycles. The summed E-state index contributed by atoms with van der Waals surface area (Å²) in [6, 6.07) is 3.42. The van der Waals surface area contributed by atoms with Crippen molar-refractivity contribution < 1.29 is 18.3 Å². The zero-order valence-corrected chi connectivity index (χ0v) is 8.02. The van der Waals surface area contributed by atoms with Crippen LogP contribution in [0.25, 0.3) is 0 Å². The highest BCUT2D eigenvalue weighted by atomic mass is 35.5. The van der Waals surface area contributed by atoms with Crippen LogP contribution >= 0.6 is 11.6 Å². The van der Waals surface area contributed by atoms with Gasteiger partial charge in [0.25, 0.3) is 0 Å². The molecule has 0 aliphatic rings. The minimum absolute atomic E-state index is 0.0742. The van der Waals surface area contributed by atoms with Crippen molar-refractivity contribution in [2.75, 3.05) is 0 Å². The maximum Gasteiger partial charge on any atom is 0.416 e. The van der Waals surface area contributed by atoms with Crippen molar-refractivity contribution in [2.24, 2.45) is 0 Å². The molecule has 78 valence electrons. The van der Waals surface area contributed by atoms with Crippen molar-refractivity contribution in [3.8, 4) is 0 Å². The summed E-state index contributed by atoms with van der Waals surface area (Å²) in [7, 11) is 0. The second kappa shape index (κ2) is 3.79. The topological polar surface area (TPSA) is 20.2 Å². The minimum atomic E-state index is -4.49.